The zero-order chi connectivity index (χ0) is 15.9. The maximum Gasteiger partial charge on any atom is 0.335 e. The summed E-state index contributed by atoms with van der Waals surface area (Å²) in [5.74, 6) is 0.453. The Bertz CT molecular complexity index is 482. The monoisotopic (exact) mass is 308 g/mol. The van der Waals surface area contributed by atoms with E-state index in [4.69, 9.17) is 18.9 Å². The van der Waals surface area contributed by atoms with Crippen LogP contribution in [0.1, 0.15) is 26.3 Å². The maximum absolute atomic E-state index is 12.0. The van der Waals surface area contributed by atoms with Crippen LogP contribution in [0.25, 0.3) is 0 Å². The Balaban J connectivity index is 1.97. The van der Waals surface area contributed by atoms with Crippen molar-refractivity contribution >= 4 is 5.97 Å². The molecule has 0 radical (unpaired) electrons. The Hall–Kier alpha value is -1.59. The molecule has 1 aromatic carbocycles. The summed E-state index contributed by atoms with van der Waals surface area (Å²) >= 11 is 0. The first kappa shape index (κ1) is 16.8. The van der Waals surface area contributed by atoms with E-state index in [-0.39, 0.29) is 18.2 Å². The quantitative estimate of drug-likeness (QED) is 0.518. The highest BCUT2D eigenvalue weighted by molar-refractivity contribution is 5.75. The minimum atomic E-state index is -0.595. The molecule has 0 N–H and O–H groups in total. The van der Waals surface area contributed by atoms with E-state index in [0.717, 1.165) is 17.9 Å². The minimum Gasteiger partial charge on any atom is -0.491 e. The number of esters is 1. The van der Waals surface area contributed by atoms with Gasteiger partial charge in [0.25, 0.3) is 0 Å². The first-order valence-electron chi connectivity index (χ1n) is 7.74. The van der Waals surface area contributed by atoms with Crippen LogP contribution in [0.5, 0.6) is 5.75 Å². The molecule has 0 unspecified atom stereocenters. The number of hydrogen-bond acceptors (Lipinski definition) is 5. The molecule has 5 nitrogen and oxygen atoms in total. The summed E-state index contributed by atoms with van der Waals surface area (Å²) in [6.07, 6.45) is 0.0525. The zero-order valence-electron chi connectivity index (χ0n) is 13.4. The molecule has 1 heterocycles. The third kappa shape index (κ3) is 5.66. The van der Waals surface area contributed by atoms with E-state index in [1.165, 1.54) is 0 Å². The predicted molar refractivity (Wildman–Crippen MR) is 82.0 cm³/mol. The van der Waals surface area contributed by atoms with E-state index in [9.17, 15) is 4.79 Å². The number of carbonyl (C=O) groups is 1. The van der Waals surface area contributed by atoms with Crippen LogP contribution in [0.2, 0.25) is 0 Å². The van der Waals surface area contributed by atoms with Gasteiger partial charge in [-0.25, -0.2) is 4.79 Å². The van der Waals surface area contributed by atoms with Crippen LogP contribution in [-0.4, -0.2) is 44.1 Å². The smallest absolute Gasteiger partial charge is 0.335 e. The second-order valence-corrected chi connectivity index (χ2v) is 5.54. The SMILES string of the molecule is CCOC(=O)[C@H](Cc1cccc(OC[C@@H]2CO2)c1)OC(C)C. The van der Waals surface area contributed by atoms with Gasteiger partial charge in [-0.2, -0.15) is 0 Å². The number of carbonyl (C=O) groups excluding carboxylic acids is 1. The molecule has 1 saturated heterocycles. The highest BCUT2D eigenvalue weighted by atomic mass is 16.6. The van der Waals surface area contributed by atoms with Crippen LogP contribution >= 0.6 is 0 Å². The van der Waals surface area contributed by atoms with Gasteiger partial charge in [-0.05, 0) is 38.5 Å². The number of rotatable bonds is 9. The van der Waals surface area contributed by atoms with Gasteiger partial charge in [0, 0.05) is 6.42 Å². The Morgan fingerprint density at radius 3 is 2.82 bits per heavy atom. The van der Waals surface area contributed by atoms with E-state index in [1.807, 2.05) is 38.1 Å². The lowest BCUT2D eigenvalue weighted by Crippen LogP contribution is -2.31. The van der Waals surface area contributed by atoms with Crippen molar-refractivity contribution in [3.8, 4) is 5.75 Å². The molecular weight excluding hydrogens is 284 g/mol. The van der Waals surface area contributed by atoms with Crippen molar-refractivity contribution in [3.05, 3.63) is 29.8 Å². The summed E-state index contributed by atoms with van der Waals surface area (Å²) in [6, 6.07) is 7.69. The topological polar surface area (TPSA) is 57.3 Å². The molecule has 0 aliphatic carbocycles. The van der Waals surface area contributed by atoms with Crippen molar-refractivity contribution in [2.45, 2.75) is 45.5 Å². The van der Waals surface area contributed by atoms with Crippen molar-refractivity contribution in [3.63, 3.8) is 0 Å². The fraction of sp³-hybridized carbons (Fsp3) is 0.588. The lowest BCUT2D eigenvalue weighted by molar-refractivity contribution is -0.159. The number of hydrogen-bond donors (Lipinski definition) is 0. The molecular formula is C17H24O5. The molecule has 1 aromatic rings. The lowest BCUT2D eigenvalue weighted by Gasteiger charge is -2.19. The molecule has 1 aliphatic heterocycles. The Morgan fingerprint density at radius 2 is 2.18 bits per heavy atom. The van der Waals surface area contributed by atoms with Crippen LogP contribution in [0.15, 0.2) is 24.3 Å². The predicted octanol–water partition coefficient (Wildman–Crippen LogP) is 2.36. The van der Waals surface area contributed by atoms with Crippen molar-refractivity contribution in [2.24, 2.45) is 0 Å². The molecule has 2 rings (SSSR count). The second kappa shape index (κ2) is 8.15. The van der Waals surface area contributed by atoms with Gasteiger partial charge >= 0.3 is 5.97 Å². The molecule has 0 aromatic heterocycles. The molecule has 2 atom stereocenters. The standard InChI is InChI=1S/C17H24O5/c1-4-19-17(18)16(22-12(2)3)9-13-6-5-7-14(8-13)20-10-15-11-21-15/h5-8,12,15-16H,4,9-11H2,1-3H3/t15-,16+/m1/s1. The summed E-state index contributed by atoms with van der Waals surface area (Å²) in [5.41, 5.74) is 0.980. The van der Waals surface area contributed by atoms with E-state index < -0.39 is 6.10 Å². The van der Waals surface area contributed by atoms with Gasteiger partial charge in [0.1, 0.15) is 18.5 Å². The highest BCUT2D eigenvalue weighted by Gasteiger charge is 2.24. The van der Waals surface area contributed by atoms with E-state index >= 15 is 0 Å². The molecule has 1 fully saturated rings. The van der Waals surface area contributed by atoms with Gasteiger partial charge in [-0.15, -0.1) is 0 Å². The lowest BCUT2D eigenvalue weighted by atomic mass is 10.1. The first-order valence-corrected chi connectivity index (χ1v) is 7.74. The van der Waals surface area contributed by atoms with Crippen molar-refractivity contribution in [2.75, 3.05) is 19.8 Å². The van der Waals surface area contributed by atoms with E-state index in [0.29, 0.717) is 19.6 Å². The summed E-state index contributed by atoms with van der Waals surface area (Å²) in [6.45, 7) is 7.28. The minimum absolute atomic E-state index is 0.0409. The molecule has 0 saturated carbocycles. The fourth-order valence-electron chi connectivity index (χ4n) is 2.08. The molecule has 0 bridgehead atoms. The molecule has 5 heteroatoms. The summed E-state index contributed by atoms with van der Waals surface area (Å²) in [7, 11) is 0. The number of epoxide rings is 1. The maximum atomic E-state index is 12.0. The first-order chi connectivity index (χ1) is 10.6. The molecule has 1 aliphatic rings. The average Bonchev–Trinajstić information content (AvgIpc) is 3.29. The third-order valence-corrected chi connectivity index (χ3v) is 3.14. The molecule has 22 heavy (non-hydrogen) atoms. The van der Waals surface area contributed by atoms with Gasteiger partial charge in [-0.1, -0.05) is 12.1 Å². The largest absolute Gasteiger partial charge is 0.491 e. The van der Waals surface area contributed by atoms with Gasteiger partial charge in [-0.3, -0.25) is 0 Å². The highest BCUT2D eigenvalue weighted by Crippen LogP contribution is 2.19. The Kier molecular flexibility index (Phi) is 6.21. The van der Waals surface area contributed by atoms with Gasteiger partial charge < -0.3 is 18.9 Å². The summed E-state index contributed by atoms with van der Waals surface area (Å²) in [4.78, 5) is 12.0. The van der Waals surface area contributed by atoms with Crippen LogP contribution in [-0.2, 0) is 25.4 Å². The van der Waals surface area contributed by atoms with Crippen LogP contribution < -0.4 is 4.74 Å². The van der Waals surface area contributed by atoms with Crippen LogP contribution in [0.3, 0.4) is 0 Å². The van der Waals surface area contributed by atoms with Crippen molar-refractivity contribution in [1.29, 1.82) is 0 Å². The second-order valence-electron chi connectivity index (χ2n) is 5.54. The van der Waals surface area contributed by atoms with Crippen LogP contribution in [0.4, 0.5) is 0 Å². The third-order valence-electron chi connectivity index (χ3n) is 3.14. The Labute approximate surface area is 131 Å². The summed E-state index contributed by atoms with van der Waals surface area (Å²) < 4.78 is 21.5. The van der Waals surface area contributed by atoms with Crippen LogP contribution in [0, 0.1) is 0 Å². The van der Waals surface area contributed by atoms with E-state index in [2.05, 4.69) is 0 Å². The fourth-order valence-corrected chi connectivity index (χ4v) is 2.08. The molecule has 122 valence electrons. The normalized spacial score (nSPS) is 18.1. The van der Waals surface area contributed by atoms with Crippen molar-refractivity contribution < 1.29 is 23.7 Å². The van der Waals surface area contributed by atoms with Gasteiger partial charge in [0.15, 0.2) is 6.10 Å². The number of benzene rings is 1. The average molecular weight is 308 g/mol. The van der Waals surface area contributed by atoms with E-state index in [1.54, 1.807) is 6.92 Å². The molecule has 0 amide bonds. The Morgan fingerprint density at radius 1 is 1.41 bits per heavy atom. The van der Waals surface area contributed by atoms with Crippen molar-refractivity contribution in [1.82, 2.24) is 0 Å². The summed E-state index contributed by atoms with van der Waals surface area (Å²) in [5, 5.41) is 0. The molecule has 0 spiro atoms. The number of ether oxygens (including phenoxy) is 4. The van der Waals surface area contributed by atoms with Gasteiger partial charge in [0.2, 0.25) is 0 Å². The zero-order valence-corrected chi connectivity index (χ0v) is 13.4. The van der Waals surface area contributed by atoms with Gasteiger partial charge in [0.05, 0.1) is 19.3 Å².